The second-order valence-corrected chi connectivity index (χ2v) is 6.17. The zero-order valence-electron chi connectivity index (χ0n) is 13.7. The molecule has 3 heterocycles. The highest BCUT2D eigenvalue weighted by atomic mass is 19.4. The van der Waals surface area contributed by atoms with Crippen LogP contribution in [0.1, 0.15) is 22.8 Å². The Balaban J connectivity index is 1.46. The molecule has 8 heteroatoms. The highest BCUT2D eigenvalue weighted by molar-refractivity contribution is 5.56. The highest BCUT2D eigenvalue weighted by Gasteiger charge is 2.35. The number of hydrogen-bond donors (Lipinski definition) is 0. The minimum Gasteiger partial charge on any atom is -0.356 e. The van der Waals surface area contributed by atoms with Gasteiger partial charge in [0.25, 0.3) is 0 Å². The lowest BCUT2D eigenvalue weighted by atomic mass is 10.1. The number of rotatable bonds is 3. The minimum atomic E-state index is -4.51. The fraction of sp³-hybridized carbons (Fsp3) is 0.278. The average molecular weight is 360 g/mol. The van der Waals surface area contributed by atoms with Gasteiger partial charge in [-0.15, -0.1) is 0 Å². The fourth-order valence-electron chi connectivity index (χ4n) is 3.00. The summed E-state index contributed by atoms with van der Waals surface area (Å²) in [7, 11) is 0. The number of fused-ring (bicyclic) bond motifs is 1. The van der Waals surface area contributed by atoms with Gasteiger partial charge in [-0.05, 0) is 0 Å². The SMILES string of the molecule is FC(F)(F)c1ncc2c(n1)CCN(Cc1cc(-c3ccccc3)on1)C2. The molecule has 2 aromatic heterocycles. The Morgan fingerprint density at radius 2 is 1.96 bits per heavy atom. The first-order chi connectivity index (χ1) is 12.5. The van der Waals surface area contributed by atoms with Gasteiger partial charge in [0, 0.05) is 49.4 Å². The third-order valence-corrected chi connectivity index (χ3v) is 4.27. The van der Waals surface area contributed by atoms with Gasteiger partial charge in [0.1, 0.15) is 0 Å². The number of halogens is 3. The second kappa shape index (κ2) is 6.53. The van der Waals surface area contributed by atoms with Crippen molar-refractivity contribution < 1.29 is 17.7 Å². The van der Waals surface area contributed by atoms with Crippen LogP contribution >= 0.6 is 0 Å². The van der Waals surface area contributed by atoms with Crippen LogP contribution < -0.4 is 0 Å². The van der Waals surface area contributed by atoms with Gasteiger partial charge in [0.15, 0.2) is 5.76 Å². The van der Waals surface area contributed by atoms with Crippen molar-refractivity contribution >= 4 is 0 Å². The average Bonchev–Trinajstić information content (AvgIpc) is 3.10. The maximum absolute atomic E-state index is 12.7. The summed E-state index contributed by atoms with van der Waals surface area (Å²) in [5.74, 6) is -0.384. The van der Waals surface area contributed by atoms with Gasteiger partial charge in [0.2, 0.25) is 5.82 Å². The number of aromatic nitrogens is 3. The molecule has 0 radical (unpaired) electrons. The molecule has 1 aliphatic rings. The van der Waals surface area contributed by atoms with Crippen molar-refractivity contribution in [1.82, 2.24) is 20.0 Å². The van der Waals surface area contributed by atoms with E-state index in [2.05, 4.69) is 20.0 Å². The Morgan fingerprint density at radius 3 is 2.73 bits per heavy atom. The first kappa shape index (κ1) is 16.7. The summed E-state index contributed by atoms with van der Waals surface area (Å²) in [6.45, 7) is 1.65. The van der Waals surface area contributed by atoms with Gasteiger partial charge in [0.05, 0.1) is 11.4 Å². The van der Waals surface area contributed by atoms with Crippen LogP contribution in [0.15, 0.2) is 47.1 Å². The Hall–Kier alpha value is -2.74. The minimum absolute atomic E-state index is 0.449. The summed E-state index contributed by atoms with van der Waals surface area (Å²) in [4.78, 5) is 9.21. The molecular formula is C18H15F3N4O. The zero-order chi connectivity index (χ0) is 18.1. The fourth-order valence-corrected chi connectivity index (χ4v) is 3.00. The Kier molecular flexibility index (Phi) is 4.20. The van der Waals surface area contributed by atoms with E-state index in [1.54, 1.807) is 0 Å². The molecule has 1 aliphatic heterocycles. The monoisotopic (exact) mass is 360 g/mol. The predicted octanol–water partition coefficient (Wildman–Crippen LogP) is 3.71. The molecule has 0 unspecified atom stereocenters. The van der Waals surface area contributed by atoms with Gasteiger partial charge >= 0.3 is 6.18 Å². The maximum atomic E-state index is 12.7. The van der Waals surface area contributed by atoms with Crippen LogP contribution in [-0.4, -0.2) is 26.6 Å². The van der Waals surface area contributed by atoms with E-state index >= 15 is 0 Å². The van der Waals surface area contributed by atoms with Crippen LogP contribution in [0.3, 0.4) is 0 Å². The van der Waals surface area contributed by atoms with E-state index in [1.165, 1.54) is 6.20 Å². The molecule has 3 aromatic rings. The van der Waals surface area contributed by atoms with E-state index < -0.39 is 12.0 Å². The normalized spacial score (nSPS) is 15.0. The van der Waals surface area contributed by atoms with Crippen LogP contribution in [0.4, 0.5) is 13.2 Å². The van der Waals surface area contributed by atoms with Crippen molar-refractivity contribution in [3.05, 3.63) is 65.4 Å². The zero-order valence-corrected chi connectivity index (χ0v) is 13.7. The summed E-state index contributed by atoms with van der Waals surface area (Å²) in [6, 6.07) is 11.5. The van der Waals surface area contributed by atoms with Crippen molar-refractivity contribution in [3.63, 3.8) is 0 Å². The number of hydrogen-bond acceptors (Lipinski definition) is 5. The van der Waals surface area contributed by atoms with Crippen LogP contribution in [0.5, 0.6) is 0 Å². The van der Waals surface area contributed by atoms with E-state index in [1.807, 2.05) is 36.4 Å². The van der Waals surface area contributed by atoms with Gasteiger partial charge in [-0.25, -0.2) is 9.97 Å². The smallest absolute Gasteiger partial charge is 0.356 e. The van der Waals surface area contributed by atoms with E-state index in [0.29, 0.717) is 37.5 Å². The predicted molar refractivity (Wildman–Crippen MR) is 86.8 cm³/mol. The van der Waals surface area contributed by atoms with Crippen LogP contribution in [0.25, 0.3) is 11.3 Å². The van der Waals surface area contributed by atoms with Crippen molar-refractivity contribution in [2.24, 2.45) is 0 Å². The molecule has 0 N–H and O–H groups in total. The van der Waals surface area contributed by atoms with Crippen LogP contribution in [0.2, 0.25) is 0 Å². The highest BCUT2D eigenvalue weighted by Crippen LogP contribution is 2.28. The van der Waals surface area contributed by atoms with Crippen molar-refractivity contribution in [3.8, 4) is 11.3 Å². The van der Waals surface area contributed by atoms with Crippen molar-refractivity contribution in [2.75, 3.05) is 6.54 Å². The number of nitrogens with zero attached hydrogens (tertiary/aromatic N) is 4. The molecule has 134 valence electrons. The largest absolute Gasteiger partial charge is 0.451 e. The Bertz CT molecular complexity index is 908. The van der Waals surface area contributed by atoms with Gasteiger partial charge in [-0.2, -0.15) is 13.2 Å². The summed E-state index contributed by atoms with van der Waals surface area (Å²) in [5.41, 5.74) is 2.91. The van der Waals surface area contributed by atoms with Crippen molar-refractivity contribution in [2.45, 2.75) is 25.7 Å². The van der Waals surface area contributed by atoms with Gasteiger partial charge < -0.3 is 4.52 Å². The summed E-state index contributed by atoms with van der Waals surface area (Å²) < 4.78 is 43.5. The first-order valence-electron chi connectivity index (χ1n) is 8.14. The lowest BCUT2D eigenvalue weighted by molar-refractivity contribution is -0.145. The molecule has 1 aromatic carbocycles. The topological polar surface area (TPSA) is 55.1 Å². The molecule has 0 spiro atoms. The molecular weight excluding hydrogens is 345 g/mol. The van der Waals surface area contributed by atoms with Gasteiger partial charge in [-0.3, -0.25) is 4.90 Å². The molecule has 0 amide bonds. The Morgan fingerprint density at radius 1 is 1.15 bits per heavy atom. The molecule has 0 aliphatic carbocycles. The first-order valence-corrected chi connectivity index (χ1v) is 8.14. The maximum Gasteiger partial charge on any atom is 0.451 e. The summed E-state index contributed by atoms with van der Waals surface area (Å²) >= 11 is 0. The number of benzene rings is 1. The number of alkyl halides is 3. The quantitative estimate of drug-likeness (QED) is 0.713. The molecule has 0 saturated heterocycles. The van der Waals surface area contributed by atoms with E-state index in [4.69, 9.17) is 4.52 Å². The third kappa shape index (κ3) is 3.45. The molecule has 0 fully saturated rings. The molecule has 4 rings (SSSR count). The molecule has 0 saturated carbocycles. The van der Waals surface area contributed by atoms with Crippen LogP contribution in [0, 0.1) is 0 Å². The lowest BCUT2D eigenvalue weighted by Crippen LogP contribution is -2.31. The van der Waals surface area contributed by atoms with E-state index in [0.717, 1.165) is 16.8 Å². The molecule has 0 bridgehead atoms. The van der Waals surface area contributed by atoms with Gasteiger partial charge in [-0.1, -0.05) is 35.5 Å². The van der Waals surface area contributed by atoms with E-state index in [9.17, 15) is 13.2 Å². The second-order valence-electron chi connectivity index (χ2n) is 6.17. The third-order valence-electron chi connectivity index (χ3n) is 4.27. The molecule has 0 atom stereocenters. The Labute approximate surface area is 147 Å². The lowest BCUT2D eigenvalue weighted by Gasteiger charge is -2.27. The van der Waals surface area contributed by atoms with Crippen LogP contribution in [-0.2, 0) is 25.7 Å². The van der Waals surface area contributed by atoms with E-state index in [-0.39, 0.29) is 0 Å². The standard InChI is InChI=1S/C18H15F3N4O/c19-18(20,21)17-22-9-13-10-25(7-6-15(13)23-17)11-14-8-16(26-24-14)12-4-2-1-3-5-12/h1-5,8-9H,6-7,10-11H2. The van der Waals surface area contributed by atoms with Crippen molar-refractivity contribution in [1.29, 1.82) is 0 Å². The molecule has 26 heavy (non-hydrogen) atoms. The summed E-state index contributed by atoms with van der Waals surface area (Å²) in [6.07, 6.45) is -2.79. The summed E-state index contributed by atoms with van der Waals surface area (Å²) in [5, 5.41) is 4.09. The molecule has 5 nitrogen and oxygen atoms in total.